The molecule has 1 aliphatic heterocycles. The van der Waals surface area contributed by atoms with E-state index in [1.165, 1.54) is 16.7 Å². The molecule has 1 saturated heterocycles. The highest BCUT2D eigenvalue weighted by Gasteiger charge is 2.27. The largest absolute Gasteiger partial charge is 0.489 e. The van der Waals surface area contributed by atoms with Gasteiger partial charge in [0.05, 0.1) is 15.4 Å². The number of pyridine rings is 1. The Hall–Kier alpha value is -2.82. The summed E-state index contributed by atoms with van der Waals surface area (Å²) in [4.78, 5) is 45.8. The Labute approximate surface area is 211 Å². The first kappa shape index (κ1) is 28.4. The van der Waals surface area contributed by atoms with Crippen molar-refractivity contribution in [3.8, 4) is 5.75 Å². The summed E-state index contributed by atoms with van der Waals surface area (Å²) < 4.78 is 7.27. The zero-order valence-corrected chi connectivity index (χ0v) is 21.1. The standard InChI is InChI=1S/C21H26Cl2N2O4.C2H2O4/c1-21(2,3)12-25-17(20(27)28)18(29-9-8-24-6-4-5-7-24)13-10-15(22)16(23)11-14(13)19(25)26;3-1(4)2(5)6/h10-11H,4-9,12H2,1-3H3,(H,27,28);(H,3,4)(H,5,6). The highest BCUT2D eigenvalue weighted by Crippen LogP contribution is 2.35. The molecule has 192 valence electrons. The van der Waals surface area contributed by atoms with Crippen molar-refractivity contribution in [3.05, 3.63) is 38.2 Å². The van der Waals surface area contributed by atoms with Crippen LogP contribution in [0.1, 0.15) is 44.1 Å². The van der Waals surface area contributed by atoms with Crippen LogP contribution in [0.5, 0.6) is 5.75 Å². The topological polar surface area (TPSA) is 146 Å². The third kappa shape index (κ3) is 7.58. The summed E-state index contributed by atoms with van der Waals surface area (Å²) in [7, 11) is 0. The molecule has 0 radical (unpaired) electrons. The Kier molecular flexibility index (Phi) is 9.53. The molecule has 0 bridgehead atoms. The van der Waals surface area contributed by atoms with Gasteiger partial charge in [-0.2, -0.15) is 0 Å². The highest BCUT2D eigenvalue weighted by molar-refractivity contribution is 6.42. The molecule has 35 heavy (non-hydrogen) atoms. The van der Waals surface area contributed by atoms with Crippen LogP contribution < -0.4 is 10.3 Å². The Morgan fingerprint density at radius 1 is 0.971 bits per heavy atom. The molecule has 1 aromatic heterocycles. The summed E-state index contributed by atoms with van der Waals surface area (Å²) in [5, 5.41) is 25.9. The number of hydrogen-bond donors (Lipinski definition) is 3. The summed E-state index contributed by atoms with van der Waals surface area (Å²) in [5.74, 6) is -4.70. The maximum absolute atomic E-state index is 13.2. The Balaban J connectivity index is 0.000000641. The predicted octanol–water partition coefficient (Wildman–Crippen LogP) is 3.68. The van der Waals surface area contributed by atoms with Crippen molar-refractivity contribution < 1.29 is 34.4 Å². The zero-order valence-electron chi connectivity index (χ0n) is 19.6. The maximum Gasteiger partial charge on any atom is 0.414 e. The van der Waals surface area contributed by atoms with Gasteiger partial charge in [-0.1, -0.05) is 44.0 Å². The second-order valence-electron chi connectivity index (χ2n) is 9.25. The first-order chi connectivity index (χ1) is 16.2. The molecule has 0 amide bonds. The summed E-state index contributed by atoms with van der Waals surface area (Å²) in [6.45, 7) is 9.10. The van der Waals surface area contributed by atoms with Crippen molar-refractivity contribution >= 4 is 51.9 Å². The van der Waals surface area contributed by atoms with E-state index >= 15 is 0 Å². The molecule has 2 heterocycles. The first-order valence-corrected chi connectivity index (χ1v) is 11.6. The lowest BCUT2D eigenvalue weighted by Crippen LogP contribution is -2.32. The van der Waals surface area contributed by atoms with E-state index in [-0.39, 0.29) is 33.4 Å². The number of aliphatic carboxylic acids is 2. The lowest BCUT2D eigenvalue weighted by molar-refractivity contribution is -0.159. The summed E-state index contributed by atoms with van der Waals surface area (Å²) in [5.41, 5.74) is -0.889. The molecule has 2 aromatic rings. The van der Waals surface area contributed by atoms with Gasteiger partial charge in [-0.25, -0.2) is 14.4 Å². The Morgan fingerprint density at radius 3 is 1.94 bits per heavy atom. The van der Waals surface area contributed by atoms with Crippen LogP contribution in [0.3, 0.4) is 0 Å². The number of carbonyl (C=O) groups is 3. The number of aromatic carboxylic acids is 1. The van der Waals surface area contributed by atoms with Gasteiger partial charge < -0.3 is 20.1 Å². The van der Waals surface area contributed by atoms with Crippen molar-refractivity contribution in [1.82, 2.24) is 9.47 Å². The SMILES string of the molecule is CC(C)(C)Cn1c(C(=O)O)c(OCCN2CCCC2)c2cc(Cl)c(Cl)cc2c1=O.O=C(O)C(=O)O. The number of aromatic nitrogens is 1. The average Bonchev–Trinajstić information content (AvgIpc) is 3.25. The van der Waals surface area contributed by atoms with E-state index in [1.807, 2.05) is 20.8 Å². The maximum atomic E-state index is 13.2. The molecule has 10 nitrogen and oxygen atoms in total. The Bertz CT molecular complexity index is 1170. The smallest absolute Gasteiger partial charge is 0.414 e. The lowest BCUT2D eigenvalue weighted by atomic mass is 9.96. The van der Waals surface area contributed by atoms with Crippen molar-refractivity contribution in [2.24, 2.45) is 5.41 Å². The normalized spacial score (nSPS) is 13.9. The minimum atomic E-state index is -1.82. The van der Waals surface area contributed by atoms with Crippen LogP contribution in [0.4, 0.5) is 0 Å². The molecule has 1 aromatic carbocycles. The number of halogens is 2. The third-order valence-electron chi connectivity index (χ3n) is 5.14. The molecule has 0 spiro atoms. The van der Waals surface area contributed by atoms with Crippen molar-refractivity contribution in [1.29, 1.82) is 0 Å². The molecular formula is C23H28Cl2N2O8. The van der Waals surface area contributed by atoms with Gasteiger partial charge in [0.15, 0.2) is 11.4 Å². The highest BCUT2D eigenvalue weighted by atomic mass is 35.5. The van der Waals surface area contributed by atoms with Gasteiger partial charge in [0.25, 0.3) is 5.56 Å². The summed E-state index contributed by atoms with van der Waals surface area (Å²) in [6, 6.07) is 3.00. The average molecular weight is 531 g/mol. The molecule has 3 rings (SSSR count). The predicted molar refractivity (Wildman–Crippen MR) is 131 cm³/mol. The number of ether oxygens (including phenoxy) is 1. The monoisotopic (exact) mass is 530 g/mol. The summed E-state index contributed by atoms with van der Waals surface area (Å²) >= 11 is 12.3. The number of nitrogens with zero attached hydrogens (tertiary/aromatic N) is 2. The van der Waals surface area contributed by atoms with E-state index in [9.17, 15) is 14.7 Å². The number of fused-ring (bicyclic) bond motifs is 1. The van der Waals surface area contributed by atoms with E-state index in [0.717, 1.165) is 25.9 Å². The number of rotatable bonds is 6. The van der Waals surface area contributed by atoms with Crippen LogP contribution in [0.25, 0.3) is 10.8 Å². The number of carboxylic acid groups (broad SMARTS) is 3. The molecule has 0 atom stereocenters. The molecule has 3 N–H and O–H groups in total. The number of carboxylic acids is 3. The van der Waals surface area contributed by atoms with Crippen LogP contribution in [0.2, 0.25) is 10.0 Å². The van der Waals surface area contributed by atoms with E-state index in [0.29, 0.717) is 23.9 Å². The molecule has 12 heteroatoms. The molecule has 0 unspecified atom stereocenters. The number of hydrogen-bond acceptors (Lipinski definition) is 6. The molecule has 0 saturated carbocycles. The molecular weight excluding hydrogens is 503 g/mol. The number of likely N-dealkylation sites (tertiary alicyclic amines) is 1. The van der Waals surface area contributed by atoms with Crippen molar-refractivity contribution in [3.63, 3.8) is 0 Å². The van der Waals surface area contributed by atoms with Gasteiger partial charge in [0, 0.05) is 18.5 Å². The van der Waals surface area contributed by atoms with Gasteiger partial charge in [0.2, 0.25) is 0 Å². The fraction of sp³-hybridized carbons (Fsp3) is 0.478. The van der Waals surface area contributed by atoms with Crippen molar-refractivity contribution in [2.45, 2.75) is 40.2 Å². The van der Waals surface area contributed by atoms with Crippen LogP contribution in [0.15, 0.2) is 16.9 Å². The van der Waals surface area contributed by atoms with Crippen LogP contribution >= 0.6 is 23.2 Å². The minimum absolute atomic E-state index is 0.155. The van der Waals surface area contributed by atoms with Gasteiger partial charge in [-0.3, -0.25) is 14.3 Å². The third-order valence-corrected chi connectivity index (χ3v) is 5.86. The minimum Gasteiger partial charge on any atom is -0.489 e. The van der Waals surface area contributed by atoms with Gasteiger partial charge in [-0.05, 0) is 43.5 Å². The first-order valence-electron chi connectivity index (χ1n) is 10.8. The Morgan fingerprint density at radius 2 is 1.49 bits per heavy atom. The van der Waals surface area contributed by atoms with Gasteiger partial charge >= 0.3 is 17.9 Å². The van der Waals surface area contributed by atoms with E-state index < -0.39 is 23.5 Å². The van der Waals surface area contributed by atoms with E-state index in [2.05, 4.69) is 4.90 Å². The quantitative estimate of drug-likeness (QED) is 0.475. The molecule has 0 aliphatic carbocycles. The van der Waals surface area contributed by atoms with Gasteiger partial charge in [-0.15, -0.1) is 0 Å². The van der Waals surface area contributed by atoms with Crippen LogP contribution in [-0.4, -0.2) is 68.9 Å². The zero-order chi connectivity index (χ0) is 26.5. The van der Waals surface area contributed by atoms with Crippen LogP contribution in [-0.2, 0) is 16.1 Å². The van der Waals surface area contributed by atoms with E-state index in [4.69, 9.17) is 47.7 Å². The van der Waals surface area contributed by atoms with E-state index in [1.54, 1.807) is 0 Å². The second kappa shape index (κ2) is 11.7. The molecule has 1 aliphatic rings. The number of benzene rings is 1. The fourth-order valence-electron chi connectivity index (χ4n) is 3.68. The lowest BCUT2D eigenvalue weighted by Gasteiger charge is -2.24. The second-order valence-corrected chi connectivity index (χ2v) is 10.1. The van der Waals surface area contributed by atoms with Gasteiger partial charge in [0.1, 0.15) is 6.61 Å². The van der Waals surface area contributed by atoms with Crippen molar-refractivity contribution in [2.75, 3.05) is 26.2 Å². The fourth-order valence-corrected chi connectivity index (χ4v) is 4.00. The molecule has 1 fully saturated rings. The summed E-state index contributed by atoms with van der Waals surface area (Å²) in [6.07, 6.45) is 2.32. The van der Waals surface area contributed by atoms with Crippen LogP contribution in [0, 0.1) is 5.41 Å².